The SMILES string of the molecule is O=C(NCc1ccc(-c2nc(C3CC3)no2)s1)c1ccc(Br)cc1. The zero-order valence-corrected chi connectivity index (χ0v) is 15.1. The number of aromatic nitrogens is 2. The van der Waals surface area contributed by atoms with E-state index in [1.165, 1.54) is 0 Å². The number of rotatable bonds is 5. The number of nitrogens with one attached hydrogen (secondary N) is 1. The highest BCUT2D eigenvalue weighted by Gasteiger charge is 2.29. The van der Waals surface area contributed by atoms with E-state index in [1.54, 1.807) is 23.5 Å². The summed E-state index contributed by atoms with van der Waals surface area (Å²) in [6.45, 7) is 0.475. The lowest BCUT2D eigenvalue weighted by Gasteiger charge is -2.03. The van der Waals surface area contributed by atoms with Gasteiger partial charge >= 0.3 is 0 Å². The first-order valence-electron chi connectivity index (χ1n) is 7.65. The van der Waals surface area contributed by atoms with Crippen molar-refractivity contribution in [3.05, 3.63) is 57.1 Å². The van der Waals surface area contributed by atoms with E-state index in [4.69, 9.17) is 4.52 Å². The molecule has 0 unspecified atom stereocenters. The lowest BCUT2D eigenvalue weighted by molar-refractivity contribution is 0.0951. The average Bonchev–Trinajstić information content (AvgIpc) is 3.13. The summed E-state index contributed by atoms with van der Waals surface area (Å²) in [5.41, 5.74) is 0.640. The fourth-order valence-corrected chi connectivity index (χ4v) is 3.43. The van der Waals surface area contributed by atoms with Gasteiger partial charge in [0.05, 0.1) is 11.4 Å². The van der Waals surface area contributed by atoms with Gasteiger partial charge in [0.15, 0.2) is 5.82 Å². The molecule has 2 heterocycles. The Morgan fingerprint density at radius 3 is 2.79 bits per heavy atom. The highest BCUT2D eigenvalue weighted by Crippen LogP contribution is 2.39. The predicted molar refractivity (Wildman–Crippen MR) is 94.9 cm³/mol. The third kappa shape index (κ3) is 3.42. The number of hydrogen-bond acceptors (Lipinski definition) is 5. The van der Waals surface area contributed by atoms with Crippen molar-refractivity contribution in [2.75, 3.05) is 0 Å². The van der Waals surface area contributed by atoms with E-state index < -0.39 is 0 Å². The quantitative estimate of drug-likeness (QED) is 0.686. The van der Waals surface area contributed by atoms with Gasteiger partial charge in [0.25, 0.3) is 11.8 Å². The maximum absolute atomic E-state index is 12.1. The van der Waals surface area contributed by atoms with E-state index >= 15 is 0 Å². The molecule has 0 atom stereocenters. The monoisotopic (exact) mass is 403 g/mol. The maximum Gasteiger partial charge on any atom is 0.268 e. The van der Waals surface area contributed by atoms with E-state index in [1.807, 2.05) is 24.3 Å². The number of halogens is 1. The van der Waals surface area contributed by atoms with E-state index in [0.717, 1.165) is 32.9 Å². The molecule has 0 saturated heterocycles. The Hall–Kier alpha value is -1.99. The van der Waals surface area contributed by atoms with Crippen LogP contribution in [0.3, 0.4) is 0 Å². The number of thiophene rings is 1. The molecule has 0 aliphatic heterocycles. The molecular weight excluding hydrogens is 390 g/mol. The Kier molecular flexibility index (Phi) is 4.20. The summed E-state index contributed by atoms with van der Waals surface area (Å²) < 4.78 is 6.28. The number of amides is 1. The van der Waals surface area contributed by atoms with Crippen LogP contribution in [0.25, 0.3) is 10.8 Å². The van der Waals surface area contributed by atoms with Crippen molar-refractivity contribution >= 4 is 33.2 Å². The van der Waals surface area contributed by atoms with Crippen molar-refractivity contribution in [1.82, 2.24) is 15.5 Å². The van der Waals surface area contributed by atoms with Crippen molar-refractivity contribution in [3.63, 3.8) is 0 Å². The molecule has 5 nitrogen and oxygen atoms in total. The van der Waals surface area contributed by atoms with Crippen molar-refractivity contribution in [3.8, 4) is 10.8 Å². The molecule has 24 heavy (non-hydrogen) atoms. The molecule has 1 aliphatic rings. The molecule has 7 heteroatoms. The van der Waals surface area contributed by atoms with Gasteiger partial charge in [0.1, 0.15) is 0 Å². The molecule has 1 amide bonds. The topological polar surface area (TPSA) is 68.0 Å². The normalized spacial score (nSPS) is 13.9. The van der Waals surface area contributed by atoms with Gasteiger partial charge in [0.2, 0.25) is 0 Å². The molecule has 2 aromatic heterocycles. The minimum absolute atomic E-state index is 0.0914. The van der Waals surface area contributed by atoms with E-state index in [0.29, 0.717) is 23.9 Å². The first-order valence-corrected chi connectivity index (χ1v) is 9.26. The van der Waals surface area contributed by atoms with Crippen LogP contribution in [0, 0.1) is 0 Å². The van der Waals surface area contributed by atoms with Crippen molar-refractivity contribution in [2.24, 2.45) is 0 Å². The average molecular weight is 404 g/mol. The summed E-state index contributed by atoms with van der Waals surface area (Å²) in [6.07, 6.45) is 2.30. The summed E-state index contributed by atoms with van der Waals surface area (Å²) in [7, 11) is 0. The van der Waals surface area contributed by atoms with Crippen LogP contribution in [0.4, 0.5) is 0 Å². The van der Waals surface area contributed by atoms with Crippen LogP contribution < -0.4 is 5.32 Å². The largest absolute Gasteiger partial charge is 0.347 e. The van der Waals surface area contributed by atoms with Crippen LogP contribution in [0.5, 0.6) is 0 Å². The smallest absolute Gasteiger partial charge is 0.268 e. The zero-order valence-electron chi connectivity index (χ0n) is 12.7. The van der Waals surface area contributed by atoms with Crippen LogP contribution in [0.15, 0.2) is 45.4 Å². The Morgan fingerprint density at radius 2 is 2.04 bits per heavy atom. The number of carbonyl (C=O) groups is 1. The van der Waals surface area contributed by atoms with E-state index in [9.17, 15) is 4.79 Å². The second-order valence-electron chi connectivity index (χ2n) is 5.69. The maximum atomic E-state index is 12.1. The molecule has 0 radical (unpaired) electrons. The van der Waals surface area contributed by atoms with Crippen molar-refractivity contribution < 1.29 is 9.32 Å². The summed E-state index contributed by atoms with van der Waals surface area (Å²) in [6, 6.07) is 11.2. The molecule has 1 aromatic carbocycles. The first kappa shape index (κ1) is 15.5. The zero-order chi connectivity index (χ0) is 16.5. The number of carbonyl (C=O) groups excluding carboxylic acids is 1. The Balaban J connectivity index is 1.39. The summed E-state index contributed by atoms with van der Waals surface area (Å²) in [5.74, 6) is 1.76. The van der Waals surface area contributed by atoms with Crippen molar-refractivity contribution in [2.45, 2.75) is 25.3 Å². The highest BCUT2D eigenvalue weighted by molar-refractivity contribution is 9.10. The van der Waals surface area contributed by atoms with Gasteiger partial charge in [-0.3, -0.25) is 4.79 Å². The number of hydrogen-bond donors (Lipinski definition) is 1. The van der Waals surface area contributed by atoms with Crippen LogP contribution in [0.2, 0.25) is 0 Å². The predicted octanol–water partition coefficient (Wildman–Crippen LogP) is 4.37. The van der Waals surface area contributed by atoms with E-state index in [-0.39, 0.29) is 5.91 Å². The molecule has 3 aromatic rings. The second kappa shape index (κ2) is 6.49. The fourth-order valence-electron chi connectivity index (χ4n) is 2.30. The highest BCUT2D eigenvalue weighted by atomic mass is 79.9. The molecule has 122 valence electrons. The van der Waals surface area contributed by atoms with Gasteiger partial charge in [-0.15, -0.1) is 11.3 Å². The molecule has 4 rings (SSSR count). The van der Waals surface area contributed by atoms with Crippen LogP contribution in [-0.2, 0) is 6.54 Å². The van der Waals surface area contributed by atoms with Gasteiger partial charge in [-0.05, 0) is 49.2 Å². The molecule has 1 fully saturated rings. The molecule has 0 bridgehead atoms. The standard InChI is InChI=1S/C17H14BrN3O2S/c18-12-5-3-11(4-6-12)16(22)19-9-13-7-8-14(24-13)17-20-15(21-23-17)10-1-2-10/h3-8,10H,1-2,9H2,(H,19,22). The molecular formula is C17H14BrN3O2S. The van der Waals surface area contributed by atoms with Gasteiger partial charge < -0.3 is 9.84 Å². The molecule has 1 saturated carbocycles. The van der Waals surface area contributed by atoms with Crippen LogP contribution in [-0.4, -0.2) is 16.0 Å². The summed E-state index contributed by atoms with van der Waals surface area (Å²) in [5, 5.41) is 6.95. The molecule has 1 N–H and O–H groups in total. The first-order chi connectivity index (χ1) is 11.7. The minimum atomic E-state index is -0.0914. The lowest BCUT2D eigenvalue weighted by atomic mass is 10.2. The minimum Gasteiger partial charge on any atom is -0.347 e. The lowest BCUT2D eigenvalue weighted by Crippen LogP contribution is -2.22. The summed E-state index contributed by atoms with van der Waals surface area (Å²) >= 11 is 4.91. The Bertz CT molecular complexity index is 868. The van der Waals surface area contributed by atoms with Gasteiger partial charge in [-0.1, -0.05) is 21.1 Å². The molecule has 0 spiro atoms. The Morgan fingerprint density at radius 1 is 1.25 bits per heavy atom. The number of nitrogens with zero attached hydrogens (tertiary/aromatic N) is 2. The van der Waals surface area contributed by atoms with Crippen LogP contribution in [0.1, 0.15) is 39.8 Å². The van der Waals surface area contributed by atoms with Gasteiger partial charge in [-0.2, -0.15) is 4.98 Å². The fraction of sp³-hybridized carbons (Fsp3) is 0.235. The molecule has 1 aliphatic carbocycles. The summed E-state index contributed by atoms with van der Waals surface area (Å²) in [4.78, 5) is 18.6. The third-order valence-corrected chi connectivity index (χ3v) is 5.39. The third-order valence-electron chi connectivity index (χ3n) is 3.79. The Labute approximate surface area is 151 Å². The number of benzene rings is 1. The van der Waals surface area contributed by atoms with Crippen molar-refractivity contribution in [1.29, 1.82) is 0 Å². The van der Waals surface area contributed by atoms with Gasteiger partial charge in [-0.25, -0.2) is 0 Å². The van der Waals surface area contributed by atoms with Gasteiger partial charge in [0, 0.05) is 20.8 Å². The van der Waals surface area contributed by atoms with Crippen LogP contribution >= 0.6 is 27.3 Å². The second-order valence-corrected chi connectivity index (χ2v) is 7.77. The van der Waals surface area contributed by atoms with E-state index in [2.05, 4.69) is 31.4 Å².